The van der Waals surface area contributed by atoms with E-state index in [0.29, 0.717) is 24.9 Å². The number of sulfonamides is 1. The number of halogens is 1. The Morgan fingerprint density at radius 3 is 2.67 bits per heavy atom. The molecule has 0 radical (unpaired) electrons. The highest BCUT2D eigenvalue weighted by Gasteiger charge is 2.50. The van der Waals surface area contributed by atoms with Crippen molar-refractivity contribution in [1.82, 2.24) is 14.9 Å². The highest BCUT2D eigenvalue weighted by molar-refractivity contribution is 7.90. The standard InChI is InChI=1S/C24H30FN3O4S/c1-16-22-14-17-4-7-19(32-3)15-21(17)24(16,11-13-28(22)2)10-12-26-23(29)27-33(30,31)20-8-5-18(25)6-9-20/h4-9,15-16,22H,10-14H2,1-3H3,(H2,26,27,29)/t16-,22+,24-/m0/s1. The van der Waals surface area contributed by atoms with Gasteiger partial charge in [0.25, 0.3) is 10.0 Å². The lowest BCUT2D eigenvalue weighted by Gasteiger charge is -2.55. The van der Waals surface area contributed by atoms with E-state index in [1.807, 2.05) is 10.8 Å². The molecule has 2 aromatic carbocycles. The summed E-state index contributed by atoms with van der Waals surface area (Å²) in [5.41, 5.74) is 2.43. The van der Waals surface area contributed by atoms with Crippen LogP contribution in [0.1, 0.15) is 30.9 Å². The molecule has 4 rings (SSSR count). The third kappa shape index (κ3) is 4.44. The van der Waals surface area contributed by atoms with E-state index in [9.17, 15) is 17.6 Å². The number of hydrogen-bond donors (Lipinski definition) is 2. The third-order valence-electron chi connectivity index (χ3n) is 7.42. The van der Waals surface area contributed by atoms with Gasteiger partial charge in [-0.25, -0.2) is 22.3 Å². The Balaban J connectivity index is 1.49. The molecule has 1 saturated heterocycles. The Kier molecular flexibility index (Phi) is 6.37. The fraction of sp³-hybridized carbons (Fsp3) is 0.458. The van der Waals surface area contributed by atoms with Crippen molar-refractivity contribution in [2.24, 2.45) is 5.92 Å². The van der Waals surface area contributed by atoms with Crippen LogP contribution in [0.5, 0.6) is 5.75 Å². The number of nitrogens with zero attached hydrogens (tertiary/aromatic N) is 1. The van der Waals surface area contributed by atoms with Crippen LogP contribution in [-0.4, -0.2) is 52.6 Å². The van der Waals surface area contributed by atoms with Crippen LogP contribution in [0.15, 0.2) is 47.4 Å². The fourth-order valence-corrected chi connectivity index (χ4v) is 6.43. The van der Waals surface area contributed by atoms with Crippen molar-refractivity contribution in [3.05, 3.63) is 59.4 Å². The van der Waals surface area contributed by atoms with Gasteiger partial charge in [0.05, 0.1) is 12.0 Å². The van der Waals surface area contributed by atoms with Crippen molar-refractivity contribution in [2.75, 3.05) is 27.2 Å². The summed E-state index contributed by atoms with van der Waals surface area (Å²) in [7, 11) is -0.261. The number of rotatable bonds is 6. The number of fused-ring (bicyclic) bond motifs is 4. The SMILES string of the molecule is COc1ccc2c(c1)[C@@]1(CCNC(=O)NS(=O)(=O)c3ccc(F)cc3)CCN(C)[C@H](C2)[C@@H]1C. The Labute approximate surface area is 194 Å². The number of hydrogen-bond acceptors (Lipinski definition) is 5. The molecule has 3 atom stereocenters. The van der Waals surface area contributed by atoms with Gasteiger partial charge >= 0.3 is 6.03 Å². The molecular weight excluding hydrogens is 445 g/mol. The first-order valence-electron chi connectivity index (χ1n) is 11.1. The number of amides is 2. The number of benzene rings is 2. The van der Waals surface area contributed by atoms with Gasteiger partial charge in [-0.1, -0.05) is 13.0 Å². The van der Waals surface area contributed by atoms with Crippen LogP contribution >= 0.6 is 0 Å². The number of piperidine rings is 1. The molecule has 1 fully saturated rings. The average molecular weight is 476 g/mol. The van der Waals surface area contributed by atoms with E-state index in [2.05, 4.69) is 36.3 Å². The molecule has 2 amide bonds. The van der Waals surface area contributed by atoms with Crippen LogP contribution in [0.25, 0.3) is 0 Å². The summed E-state index contributed by atoms with van der Waals surface area (Å²) in [6.07, 6.45) is 2.60. The lowest BCUT2D eigenvalue weighted by Crippen LogP contribution is -2.58. The Hall–Kier alpha value is -2.65. The van der Waals surface area contributed by atoms with Crippen molar-refractivity contribution < 1.29 is 22.3 Å². The van der Waals surface area contributed by atoms with Crippen LogP contribution < -0.4 is 14.8 Å². The predicted octanol–water partition coefficient (Wildman–Crippen LogP) is 3.05. The van der Waals surface area contributed by atoms with Crippen LogP contribution in [0.4, 0.5) is 9.18 Å². The van der Waals surface area contributed by atoms with Gasteiger partial charge in [-0.05, 0) is 86.3 Å². The van der Waals surface area contributed by atoms with Crippen LogP contribution in [0.2, 0.25) is 0 Å². The molecule has 33 heavy (non-hydrogen) atoms. The minimum Gasteiger partial charge on any atom is -0.497 e. The molecule has 9 heteroatoms. The maximum Gasteiger partial charge on any atom is 0.328 e. The number of urea groups is 1. The van der Waals surface area contributed by atoms with Crippen LogP contribution in [0.3, 0.4) is 0 Å². The van der Waals surface area contributed by atoms with Crippen molar-refractivity contribution in [3.8, 4) is 5.75 Å². The van der Waals surface area contributed by atoms with Gasteiger partial charge in [0.15, 0.2) is 0 Å². The summed E-state index contributed by atoms with van der Waals surface area (Å²) in [4.78, 5) is 14.6. The lowest BCUT2D eigenvalue weighted by atomic mass is 9.56. The molecule has 0 spiro atoms. The second kappa shape index (κ2) is 8.95. The number of ether oxygens (including phenoxy) is 1. The van der Waals surface area contributed by atoms with Gasteiger partial charge in [0.2, 0.25) is 0 Å². The Bertz CT molecular complexity index is 1140. The molecule has 0 saturated carbocycles. The third-order valence-corrected chi connectivity index (χ3v) is 8.76. The van der Waals surface area contributed by atoms with E-state index >= 15 is 0 Å². The molecule has 2 bridgehead atoms. The average Bonchev–Trinajstić information content (AvgIpc) is 2.77. The molecule has 7 nitrogen and oxygen atoms in total. The topological polar surface area (TPSA) is 87.7 Å². The molecule has 178 valence electrons. The van der Waals surface area contributed by atoms with Crippen molar-refractivity contribution in [3.63, 3.8) is 0 Å². The second-order valence-electron chi connectivity index (χ2n) is 9.04. The van der Waals surface area contributed by atoms with Crippen LogP contribution in [0, 0.1) is 11.7 Å². The summed E-state index contributed by atoms with van der Waals surface area (Å²) < 4.78 is 45.4. The number of likely N-dealkylation sites (N-methyl/N-ethyl adjacent to an activating group) is 1. The molecule has 0 aromatic heterocycles. The van der Waals surface area contributed by atoms with E-state index in [-0.39, 0.29) is 10.3 Å². The molecule has 2 aromatic rings. The second-order valence-corrected chi connectivity index (χ2v) is 10.7. The molecule has 1 heterocycles. The monoisotopic (exact) mass is 475 g/mol. The molecular formula is C24H30FN3O4S. The number of carbonyl (C=O) groups is 1. The van der Waals surface area contributed by atoms with Gasteiger partial charge in [0.1, 0.15) is 11.6 Å². The number of nitrogens with one attached hydrogen (secondary N) is 2. The minimum atomic E-state index is -4.08. The highest BCUT2D eigenvalue weighted by Crippen LogP contribution is 2.51. The quantitative estimate of drug-likeness (QED) is 0.671. The largest absolute Gasteiger partial charge is 0.497 e. The van der Waals surface area contributed by atoms with E-state index in [1.165, 1.54) is 11.1 Å². The van der Waals surface area contributed by atoms with Gasteiger partial charge in [-0.2, -0.15) is 0 Å². The van der Waals surface area contributed by atoms with Crippen LogP contribution in [-0.2, 0) is 21.9 Å². The lowest BCUT2D eigenvalue weighted by molar-refractivity contribution is 0.0363. The summed E-state index contributed by atoms with van der Waals surface area (Å²) in [5.74, 6) is 0.630. The van der Waals surface area contributed by atoms with E-state index in [1.54, 1.807) is 7.11 Å². The Morgan fingerprint density at radius 2 is 1.97 bits per heavy atom. The summed E-state index contributed by atoms with van der Waals surface area (Å²) >= 11 is 0. The number of likely N-dealkylation sites (tertiary alicyclic amines) is 1. The molecule has 1 aliphatic heterocycles. The maximum atomic E-state index is 13.1. The molecule has 2 aliphatic rings. The van der Waals surface area contributed by atoms with Gasteiger partial charge in [-0.15, -0.1) is 0 Å². The zero-order valence-electron chi connectivity index (χ0n) is 19.1. The summed E-state index contributed by atoms with van der Waals surface area (Å²) in [5, 5.41) is 2.71. The first-order valence-corrected chi connectivity index (χ1v) is 12.6. The van der Waals surface area contributed by atoms with Crippen molar-refractivity contribution >= 4 is 16.1 Å². The summed E-state index contributed by atoms with van der Waals surface area (Å²) in [6.45, 7) is 3.54. The first kappa shape index (κ1) is 23.5. The number of methoxy groups -OCH3 is 1. The van der Waals surface area contributed by atoms with Crippen molar-refractivity contribution in [1.29, 1.82) is 0 Å². The maximum absolute atomic E-state index is 13.1. The fourth-order valence-electron chi connectivity index (χ4n) is 5.50. The predicted molar refractivity (Wildman–Crippen MR) is 123 cm³/mol. The van der Waals surface area contributed by atoms with Gasteiger partial charge < -0.3 is 15.0 Å². The first-order chi connectivity index (χ1) is 15.7. The van der Waals surface area contributed by atoms with Crippen molar-refractivity contribution in [2.45, 2.75) is 42.5 Å². The highest BCUT2D eigenvalue weighted by atomic mass is 32.2. The minimum absolute atomic E-state index is 0.136. The number of carbonyl (C=O) groups excluding carboxylic acids is 1. The summed E-state index contributed by atoms with van der Waals surface area (Å²) in [6, 6.07) is 10.2. The van der Waals surface area contributed by atoms with E-state index in [4.69, 9.17) is 4.74 Å². The van der Waals surface area contributed by atoms with Gasteiger partial charge in [-0.3, -0.25) is 0 Å². The zero-order valence-corrected chi connectivity index (χ0v) is 19.9. The normalized spacial score (nSPS) is 24.6. The zero-order chi connectivity index (χ0) is 23.8. The van der Waals surface area contributed by atoms with E-state index < -0.39 is 21.9 Å². The van der Waals surface area contributed by atoms with Gasteiger partial charge in [0, 0.05) is 18.0 Å². The molecule has 0 unspecified atom stereocenters. The smallest absolute Gasteiger partial charge is 0.328 e. The molecule has 2 N–H and O–H groups in total. The Morgan fingerprint density at radius 1 is 1.24 bits per heavy atom. The van der Waals surface area contributed by atoms with E-state index in [0.717, 1.165) is 49.4 Å². The molecule has 1 aliphatic carbocycles.